The first-order valence-electron chi connectivity index (χ1n) is 17.9. The van der Waals surface area contributed by atoms with E-state index < -0.39 is 0 Å². The van der Waals surface area contributed by atoms with Gasteiger partial charge < -0.3 is 23.8 Å². The smallest absolute Gasteiger partial charge is 0.263 e. The molecular weight excluding hydrogens is 673 g/mol. The second-order valence-electron chi connectivity index (χ2n) is 15.2. The largest absolute Gasteiger partial charge is 0.493 e. The van der Waals surface area contributed by atoms with Gasteiger partial charge in [0.1, 0.15) is 11.2 Å². The summed E-state index contributed by atoms with van der Waals surface area (Å²) in [7, 11) is 6.78. The van der Waals surface area contributed by atoms with Crippen LogP contribution in [0.25, 0.3) is 16.3 Å². The van der Waals surface area contributed by atoms with Crippen LogP contribution in [0.5, 0.6) is 23.0 Å². The third-order valence-electron chi connectivity index (χ3n) is 9.82. The lowest BCUT2D eigenvalue weighted by molar-refractivity contribution is -0.665. The van der Waals surface area contributed by atoms with E-state index in [-0.39, 0.29) is 10.8 Å². The Hall–Kier alpha value is -3.88. The first kappa shape index (κ1) is 36.9. The van der Waals surface area contributed by atoms with Crippen molar-refractivity contribution in [2.24, 2.45) is 10.8 Å². The van der Waals surface area contributed by atoms with Gasteiger partial charge in [0, 0.05) is 35.7 Å². The summed E-state index contributed by atoms with van der Waals surface area (Å²) in [5.41, 5.74) is 8.17. The lowest BCUT2D eigenvalue weighted by atomic mass is 9.74. The Morgan fingerprint density at radius 2 is 1.35 bits per heavy atom. The summed E-state index contributed by atoms with van der Waals surface area (Å²) in [6, 6.07) is 8.39. The molecule has 6 rings (SSSR count). The number of aromatic nitrogens is 1. The minimum Gasteiger partial charge on any atom is -0.493 e. The highest BCUT2D eigenvalue weighted by Gasteiger charge is 2.30. The Labute approximate surface area is 312 Å². The monoisotopic (exact) mass is 725 g/mol. The van der Waals surface area contributed by atoms with Crippen molar-refractivity contribution in [2.45, 2.75) is 78.7 Å². The maximum atomic E-state index is 5.62. The zero-order chi connectivity index (χ0) is 36.5. The number of benzene rings is 2. The van der Waals surface area contributed by atoms with Crippen LogP contribution in [0, 0.1) is 10.8 Å². The summed E-state index contributed by atoms with van der Waals surface area (Å²) in [4.78, 5) is 3.58. The fraction of sp³-hybridized carbons (Fsp3) is 0.419. The number of fused-ring (bicyclic) bond motifs is 2. The number of thioether (sulfide) groups is 1. The molecule has 0 spiro atoms. The van der Waals surface area contributed by atoms with Crippen LogP contribution < -0.4 is 28.4 Å². The molecule has 51 heavy (non-hydrogen) atoms. The van der Waals surface area contributed by atoms with Crippen LogP contribution >= 0.6 is 23.1 Å². The number of hydrogen-bond acceptors (Lipinski definition) is 7. The van der Waals surface area contributed by atoms with E-state index in [9.17, 15) is 0 Å². The molecule has 0 fully saturated rings. The molecule has 0 N–H and O–H groups in total. The quantitative estimate of drug-likeness (QED) is 0.194. The molecule has 0 saturated carbocycles. The number of aryl methyl sites for hydroxylation is 1. The molecule has 1 aromatic heterocycles. The number of rotatable bonds is 10. The normalized spacial score (nSPS) is 20.7. The molecule has 8 heteroatoms. The maximum Gasteiger partial charge on any atom is 0.263 e. The average Bonchev–Trinajstić information content (AvgIpc) is 3.60. The second kappa shape index (κ2) is 15.0. The highest BCUT2D eigenvalue weighted by Crippen LogP contribution is 2.51. The van der Waals surface area contributed by atoms with Crippen LogP contribution in [0.3, 0.4) is 0 Å². The Morgan fingerprint density at radius 3 is 2.02 bits per heavy atom. The van der Waals surface area contributed by atoms with E-state index in [1.54, 1.807) is 28.4 Å². The number of anilines is 1. The van der Waals surface area contributed by atoms with Crippen molar-refractivity contribution in [3.8, 4) is 23.0 Å². The van der Waals surface area contributed by atoms with Crippen molar-refractivity contribution in [2.75, 3.05) is 39.9 Å². The molecule has 6 nitrogen and oxygen atoms in total. The number of ether oxygens (including phenoxy) is 4. The van der Waals surface area contributed by atoms with Crippen LogP contribution in [-0.4, -0.2) is 35.0 Å². The van der Waals surface area contributed by atoms with Gasteiger partial charge in [-0.1, -0.05) is 81.2 Å². The summed E-state index contributed by atoms with van der Waals surface area (Å²) in [6.45, 7) is 15.7. The molecule has 2 aromatic carbocycles. The number of thiazole rings is 1. The van der Waals surface area contributed by atoms with E-state index in [1.807, 2.05) is 23.1 Å². The molecule has 270 valence electrons. The molecular formula is C43H53N2O4S2+. The van der Waals surface area contributed by atoms with Crippen LogP contribution in [0.15, 0.2) is 92.9 Å². The summed E-state index contributed by atoms with van der Waals surface area (Å²) < 4.78 is 26.0. The summed E-state index contributed by atoms with van der Waals surface area (Å²) in [5, 5.41) is 2.49. The Morgan fingerprint density at radius 1 is 0.745 bits per heavy atom. The van der Waals surface area contributed by atoms with Crippen molar-refractivity contribution in [3.05, 3.63) is 93.1 Å². The third kappa shape index (κ3) is 7.97. The average molecular weight is 726 g/mol. The minimum atomic E-state index is 0.176. The van der Waals surface area contributed by atoms with Gasteiger partial charge in [0.2, 0.25) is 5.52 Å². The fourth-order valence-electron chi connectivity index (χ4n) is 7.75. The van der Waals surface area contributed by atoms with Gasteiger partial charge in [-0.15, -0.1) is 0 Å². The van der Waals surface area contributed by atoms with Gasteiger partial charge in [0.15, 0.2) is 23.0 Å². The minimum absolute atomic E-state index is 0.176. The van der Waals surface area contributed by atoms with Crippen molar-refractivity contribution >= 4 is 45.1 Å². The first-order chi connectivity index (χ1) is 24.4. The summed E-state index contributed by atoms with van der Waals surface area (Å²) in [5.74, 6) is 3.05. The number of methoxy groups -OCH3 is 4. The van der Waals surface area contributed by atoms with E-state index in [1.165, 1.54) is 53.1 Å². The predicted molar refractivity (Wildman–Crippen MR) is 215 cm³/mol. The lowest BCUT2D eigenvalue weighted by Crippen LogP contribution is -2.33. The SMILES string of the molecule is CCN1/C(=C/C2=CC(=C\C=C\C3=CC(=C\c4sc5cc(OC)c(OC)cc5[n+]4CC)/CC(C)(C)C3)/CC(C)(C)C2)Sc2cc(OC)c(OC)cc21. The Kier molecular flexibility index (Phi) is 10.9. The van der Waals surface area contributed by atoms with Crippen molar-refractivity contribution in [1.29, 1.82) is 0 Å². The van der Waals surface area contributed by atoms with Gasteiger partial charge in [-0.25, -0.2) is 0 Å². The molecule has 3 aliphatic rings. The van der Waals surface area contributed by atoms with E-state index in [2.05, 4.69) is 118 Å². The lowest BCUT2D eigenvalue weighted by Gasteiger charge is -2.31. The molecule has 2 heterocycles. The van der Waals surface area contributed by atoms with Gasteiger partial charge >= 0.3 is 0 Å². The standard InChI is InChI=1S/C43H53N2O4S2/c1-11-44-32-20-34(46-7)36(48-9)22-38(32)50-40(44)18-30-16-28(24-42(3,4)26-30)14-13-15-29-17-31(27-43(5,6)25-29)19-41-45(12-2)33-21-35(47-8)37(49-10)23-39(33)51-41/h13-23H,11-12,24-27H2,1-10H3/q+1. The molecule has 0 bridgehead atoms. The van der Waals surface area contributed by atoms with Gasteiger partial charge in [-0.3, -0.25) is 0 Å². The first-order valence-corrected chi connectivity index (χ1v) is 19.5. The van der Waals surface area contributed by atoms with Gasteiger partial charge in [0.25, 0.3) is 5.01 Å². The predicted octanol–water partition coefficient (Wildman–Crippen LogP) is 11.1. The number of hydrogen-bond donors (Lipinski definition) is 0. The highest BCUT2D eigenvalue weighted by atomic mass is 32.2. The zero-order valence-electron chi connectivity index (χ0n) is 31.9. The number of allylic oxidation sites excluding steroid dienone is 10. The third-order valence-corrected chi connectivity index (χ3v) is 12.0. The molecule has 1 aliphatic heterocycles. The molecule has 2 aliphatic carbocycles. The van der Waals surface area contributed by atoms with Crippen LogP contribution in [0.2, 0.25) is 0 Å². The zero-order valence-corrected chi connectivity index (χ0v) is 33.6. The van der Waals surface area contributed by atoms with E-state index >= 15 is 0 Å². The molecule has 0 atom stereocenters. The maximum absolute atomic E-state index is 5.62. The second-order valence-corrected chi connectivity index (χ2v) is 17.3. The number of nitrogens with zero attached hydrogens (tertiary/aromatic N) is 2. The van der Waals surface area contributed by atoms with E-state index in [0.29, 0.717) is 0 Å². The Bertz CT molecular complexity index is 2010. The van der Waals surface area contributed by atoms with E-state index in [0.717, 1.165) is 61.8 Å². The topological polar surface area (TPSA) is 44.0 Å². The van der Waals surface area contributed by atoms with Crippen molar-refractivity contribution in [3.63, 3.8) is 0 Å². The van der Waals surface area contributed by atoms with E-state index in [4.69, 9.17) is 18.9 Å². The molecule has 3 aromatic rings. The molecule has 0 radical (unpaired) electrons. The summed E-state index contributed by atoms with van der Waals surface area (Å²) >= 11 is 3.62. The van der Waals surface area contributed by atoms with Gasteiger partial charge in [0.05, 0.1) is 45.2 Å². The van der Waals surface area contributed by atoms with Gasteiger partial charge in [-0.05, 0) is 78.7 Å². The van der Waals surface area contributed by atoms with Crippen molar-refractivity contribution < 1.29 is 23.5 Å². The fourth-order valence-corrected chi connectivity index (χ4v) is 10.2. The summed E-state index contributed by atoms with van der Waals surface area (Å²) in [6.07, 6.45) is 20.7. The van der Waals surface area contributed by atoms with Crippen LogP contribution in [0.1, 0.15) is 72.2 Å². The molecule has 0 amide bonds. The highest BCUT2D eigenvalue weighted by molar-refractivity contribution is 8.03. The van der Waals surface area contributed by atoms with Crippen molar-refractivity contribution in [1.82, 2.24) is 0 Å². The van der Waals surface area contributed by atoms with Crippen LogP contribution in [0.4, 0.5) is 5.69 Å². The van der Waals surface area contributed by atoms with Crippen LogP contribution in [-0.2, 0) is 6.54 Å². The molecule has 0 saturated heterocycles. The van der Waals surface area contributed by atoms with Gasteiger partial charge in [-0.2, -0.15) is 4.57 Å². The Balaban J connectivity index is 1.27. The molecule has 0 unspecified atom stereocenters.